The average Bonchev–Trinajstić information content (AvgIpc) is 2.53. The second kappa shape index (κ2) is 7.12. The van der Waals surface area contributed by atoms with Gasteiger partial charge in [0.05, 0.1) is 5.52 Å². The number of para-hydroxylation sites is 1. The van der Waals surface area contributed by atoms with E-state index in [1.54, 1.807) is 30.3 Å². The minimum Gasteiger partial charge on any atom is -0.405 e. The summed E-state index contributed by atoms with van der Waals surface area (Å²) in [5.41, 5.74) is 0.994. The maximum atomic E-state index is 12.7. The fourth-order valence-electron chi connectivity index (χ4n) is 2.38. The van der Waals surface area contributed by atoms with Crippen LogP contribution in [0.1, 0.15) is 0 Å². The summed E-state index contributed by atoms with van der Waals surface area (Å²) < 4.78 is 42.0. The summed E-state index contributed by atoms with van der Waals surface area (Å²) in [7, 11) is 0. The third-order valence-electron chi connectivity index (χ3n) is 3.33. The van der Waals surface area contributed by atoms with E-state index in [0.717, 1.165) is 0 Å². The average molecular weight is 445 g/mol. The molecule has 1 aromatic heterocycles. The van der Waals surface area contributed by atoms with E-state index in [1.165, 1.54) is 18.3 Å². The minimum absolute atomic E-state index is 0.201. The molecule has 0 aliphatic heterocycles. The number of pyridine rings is 1. The van der Waals surface area contributed by atoms with Gasteiger partial charge >= 0.3 is 6.36 Å². The molecule has 2 aromatic carbocycles. The van der Waals surface area contributed by atoms with Gasteiger partial charge in [-0.15, -0.1) is 13.2 Å². The molecule has 3 aromatic rings. The van der Waals surface area contributed by atoms with Crippen molar-refractivity contribution in [3.05, 3.63) is 63.2 Å². The van der Waals surface area contributed by atoms with E-state index in [9.17, 15) is 23.3 Å². The van der Waals surface area contributed by atoms with E-state index >= 15 is 0 Å². The number of hydrogen-bond donors (Lipinski definition) is 0. The molecule has 0 amide bonds. The predicted molar refractivity (Wildman–Crippen MR) is 94.4 cm³/mol. The Morgan fingerprint density at radius 3 is 2.65 bits per heavy atom. The Labute approximate surface area is 157 Å². The standard InChI is InChI=1S/C16H8BrF3N2O3S/c17-11-4-5-12(13(7-11)25-16(18,19)20)10-6-9-2-1-3-14(26-22(23)24)15(9)21-8-10/h1-8H. The van der Waals surface area contributed by atoms with Crippen molar-refractivity contribution in [2.24, 2.45) is 0 Å². The van der Waals surface area contributed by atoms with Gasteiger partial charge in [-0.05, 0) is 30.3 Å². The van der Waals surface area contributed by atoms with Gasteiger partial charge in [-0.3, -0.25) is 15.1 Å². The monoisotopic (exact) mass is 444 g/mol. The van der Waals surface area contributed by atoms with Crippen molar-refractivity contribution in [3.8, 4) is 16.9 Å². The molecule has 10 heteroatoms. The quantitative estimate of drug-likeness (QED) is 0.287. The van der Waals surface area contributed by atoms with E-state index < -0.39 is 10.7 Å². The zero-order chi connectivity index (χ0) is 18.9. The molecule has 0 saturated carbocycles. The Bertz CT molecular complexity index is 998. The molecular formula is C16H8BrF3N2O3S. The van der Waals surface area contributed by atoms with Crippen LogP contribution in [0.2, 0.25) is 0 Å². The van der Waals surface area contributed by atoms with Crippen LogP contribution in [0.3, 0.4) is 0 Å². The molecular weight excluding hydrogens is 437 g/mol. The van der Waals surface area contributed by atoms with Gasteiger partial charge in [-0.25, -0.2) is 0 Å². The van der Waals surface area contributed by atoms with Crippen LogP contribution in [0, 0.1) is 10.1 Å². The van der Waals surface area contributed by atoms with Gasteiger partial charge in [-0.2, -0.15) is 0 Å². The Hall–Kier alpha value is -2.33. The van der Waals surface area contributed by atoms with Crippen LogP contribution < -0.4 is 4.74 Å². The third-order valence-corrected chi connectivity index (χ3v) is 4.50. The second-order valence-corrected chi connectivity index (χ2v) is 6.89. The Morgan fingerprint density at radius 2 is 1.96 bits per heavy atom. The highest BCUT2D eigenvalue weighted by molar-refractivity contribution is 9.10. The number of benzene rings is 2. The lowest BCUT2D eigenvalue weighted by Crippen LogP contribution is -2.17. The molecule has 0 bridgehead atoms. The largest absolute Gasteiger partial charge is 0.573 e. The fraction of sp³-hybridized carbons (Fsp3) is 0.0625. The summed E-state index contributed by atoms with van der Waals surface area (Å²) in [6.07, 6.45) is -3.48. The lowest BCUT2D eigenvalue weighted by molar-refractivity contribution is -0.284. The number of ether oxygens (including phenoxy) is 1. The molecule has 0 atom stereocenters. The third kappa shape index (κ3) is 4.25. The molecule has 26 heavy (non-hydrogen) atoms. The fourth-order valence-corrected chi connectivity index (χ4v) is 3.27. The van der Waals surface area contributed by atoms with Crippen molar-refractivity contribution in [1.29, 1.82) is 0 Å². The van der Waals surface area contributed by atoms with Crippen LogP contribution in [-0.4, -0.2) is 15.7 Å². The normalized spacial score (nSPS) is 11.5. The van der Waals surface area contributed by atoms with E-state index in [4.69, 9.17) is 0 Å². The van der Waals surface area contributed by atoms with Crippen LogP contribution in [0.15, 0.2) is 58.0 Å². The van der Waals surface area contributed by atoms with Crippen LogP contribution in [0.5, 0.6) is 5.75 Å². The van der Waals surface area contributed by atoms with Gasteiger partial charge in [0.2, 0.25) is 0 Å². The summed E-state index contributed by atoms with van der Waals surface area (Å²) in [6, 6.07) is 10.7. The lowest BCUT2D eigenvalue weighted by Gasteiger charge is -2.14. The maximum Gasteiger partial charge on any atom is 0.573 e. The molecule has 0 aliphatic rings. The van der Waals surface area contributed by atoms with Crippen molar-refractivity contribution in [2.45, 2.75) is 11.3 Å². The smallest absolute Gasteiger partial charge is 0.405 e. The van der Waals surface area contributed by atoms with Gasteiger partial charge in [0.25, 0.3) is 11.9 Å². The van der Waals surface area contributed by atoms with Crippen molar-refractivity contribution in [3.63, 3.8) is 0 Å². The molecule has 3 rings (SSSR count). The molecule has 0 N–H and O–H groups in total. The molecule has 134 valence electrons. The second-order valence-electron chi connectivity index (χ2n) is 5.06. The first kappa shape index (κ1) is 18.5. The number of aromatic nitrogens is 1. The number of halogens is 4. The number of nitrogens with zero attached hydrogens (tertiary/aromatic N) is 2. The van der Waals surface area contributed by atoms with E-state index in [1.807, 2.05) is 0 Å². The maximum absolute atomic E-state index is 12.7. The Balaban J connectivity index is 2.10. The van der Waals surface area contributed by atoms with Gasteiger partial charge < -0.3 is 4.74 Å². The summed E-state index contributed by atoms with van der Waals surface area (Å²) in [5, 5.41) is 11.3. The summed E-state index contributed by atoms with van der Waals surface area (Å²) in [5.74, 6) is -0.371. The van der Waals surface area contributed by atoms with E-state index in [0.29, 0.717) is 37.8 Å². The van der Waals surface area contributed by atoms with Crippen LogP contribution in [0.25, 0.3) is 22.0 Å². The van der Waals surface area contributed by atoms with E-state index in [-0.39, 0.29) is 11.3 Å². The highest BCUT2D eigenvalue weighted by Crippen LogP contribution is 2.37. The number of alkyl halides is 3. The summed E-state index contributed by atoms with van der Waals surface area (Å²) in [6.45, 7) is 0. The molecule has 0 radical (unpaired) electrons. The lowest BCUT2D eigenvalue weighted by atomic mass is 10.0. The molecule has 1 heterocycles. The first-order valence-corrected chi connectivity index (χ1v) is 8.56. The molecule has 0 aliphatic carbocycles. The van der Waals surface area contributed by atoms with Gasteiger partial charge in [0.1, 0.15) is 15.0 Å². The molecule has 0 saturated heterocycles. The van der Waals surface area contributed by atoms with Crippen LogP contribution in [-0.2, 0) is 0 Å². The highest BCUT2D eigenvalue weighted by Gasteiger charge is 2.32. The van der Waals surface area contributed by atoms with Gasteiger partial charge in [0, 0.05) is 27.2 Å². The molecule has 5 nitrogen and oxygen atoms in total. The zero-order valence-corrected chi connectivity index (χ0v) is 15.1. The minimum atomic E-state index is -4.84. The first-order valence-electron chi connectivity index (χ1n) is 7.00. The summed E-state index contributed by atoms with van der Waals surface area (Å²) >= 11 is 3.54. The van der Waals surface area contributed by atoms with E-state index in [2.05, 4.69) is 25.7 Å². The first-order chi connectivity index (χ1) is 12.2. The number of rotatable bonds is 4. The van der Waals surface area contributed by atoms with Crippen molar-refractivity contribution < 1.29 is 22.2 Å². The van der Waals surface area contributed by atoms with Gasteiger partial charge in [-0.1, -0.05) is 28.1 Å². The highest BCUT2D eigenvalue weighted by atomic mass is 79.9. The van der Waals surface area contributed by atoms with Crippen LogP contribution in [0.4, 0.5) is 13.2 Å². The predicted octanol–water partition coefficient (Wildman–Crippen LogP) is 5.85. The number of fused-ring (bicyclic) bond motifs is 1. The zero-order valence-electron chi connectivity index (χ0n) is 12.7. The van der Waals surface area contributed by atoms with Crippen molar-refractivity contribution in [2.75, 3.05) is 0 Å². The Morgan fingerprint density at radius 1 is 1.19 bits per heavy atom. The number of nitro groups is 1. The number of hydrogen-bond acceptors (Lipinski definition) is 5. The van der Waals surface area contributed by atoms with Crippen LogP contribution >= 0.6 is 27.9 Å². The van der Waals surface area contributed by atoms with Crippen molar-refractivity contribution in [1.82, 2.24) is 4.98 Å². The van der Waals surface area contributed by atoms with Crippen molar-refractivity contribution >= 4 is 38.8 Å². The summed E-state index contributed by atoms with van der Waals surface area (Å²) in [4.78, 5) is 15.3. The van der Waals surface area contributed by atoms with Gasteiger partial charge in [0.15, 0.2) is 0 Å². The molecule has 0 fully saturated rings. The Kier molecular flexibility index (Phi) is 5.05. The molecule has 0 unspecified atom stereocenters. The topological polar surface area (TPSA) is 65.3 Å². The SMILES string of the molecule is O=[N+]([O-])Sc1cccc2cc(-c3ccc(Br)cc3OC(F)(F)F)cnc12. The molecule has 0 spiro atoms.